The number of hydrogen-bond acceptors (Lipinski definition) is 4. The van der Waals surface area contributed by atoms with Crippen molar-refractivity contribution in [1.29, 1.82) is 0 Å². The number of aryl methyl sites for hydroxylation is 1. The monoisotopic (exact) mass is 494 g/mol. The van der Waals surface area contributed by atoms with E-state index in [4.69, 9.17) is 4.99 Å². The number of pyridine rings is 2. The number of nitrogens with one attached hydrogen (secondary N) is 2. The molecule has 6 nitrogen and oxygen atoms in total. The summed E-state index contributed by atoms with van der Waals surface area (Å²) in [5.74, 6) is 1.98. The highest BCUT2D eigenvalue weighted by molar-refractivity contribution is 14.0. The van der Waals surface area contributed by atoms with Crippen LogP contribution in [0.3, 0.4) is 0 Å². The molecule has 28 heavy (non-hydrogen) atoms. The van der Waals surface area contributed by atoms with Crippen molar-refractivity contribution in [3.05, 3.63) is 54.0 Å². The molecule has 152 valence electrons. The van der Waals surface area contributed by atoms with Gasteiger partial charge in [-0.1, -0.05) is 12.1 Å². The summed E-state index contributed by atoms with van der Waals surface area (Å²) in [6, 6.07) is 10.7. The van der Waals surface area contributed by atoms with Crippen molar-refractivity contribution >= 4 is 35.8 Å². The Morgan fingerprint density at radius 2 is 2.00 bits per heavy atom. The molecule has 2 aromatic rings. The molecule has 0 aliphatic carbocycles. The van der Waals surface area contributed by atoms with Gasteiger partial charge in [-0.2, -0.15) is 0 Å². The zero-order chi connectivity index (χ0) is 18.9. The van der Waals surface area contributed by atoms with E-state index in [1.54, 1.807) is 0 Å². The fraction of sp³-hybridized carbons (Fsp3) is 0.476. The fourth-order valence-corrected chi connectivity index (χ4v) is 3.25. The molecule has 7 heteroatoms. The minimum Gasteiger partial charge on any atom is -0.357 e. The molecule has 0 aromatic carbocycles. The molecule has 1 saturated heterocycles. The van der Waals surface area contributed by atoms with Crippen LogP contribution in [-0.4, -0.2) is 48.1 Å². The number of anilines is 1. The standard InChI is InChI=1S/C21H30N6.HI/c1-3-22-21(24-13-9-18-8-7-17(2)25-16-18)26-19-10-14-27(15-11-19)20-6-4-5-12-23-20;/h4-8,12,16,19H,3,9-11,13-15H2,1-2H3,(H2,22,24,26);1H. The van der Waals surface area contributed by atoms with Gasteiger partial charge in [-0.05, 0) is 56.9 Å². The summed E-state index contributed by atoms with van der Waals surface area (Å²) in [6.45, 7) is 7.77. The van der Waals surface area contributed by atoms with E-state index in [0.717, 1.165) is 62.9 Å². The van der Waals surface area contributed by atoms with Crippen LogP contribution < -0.4 is 15.5 Å². The minimum absolute atomic E-state index is 0. The number of halogens is 1. The van der Waals surface area contributed by atoms with Crippen LogP contribution in [0.1, 0.15) is 31.0 Å². The Hall–Kier alpha value is -1.90. The Kier molecular flexibility index (Phi) is 9.46. The van der Waals surface area contributed by atoms with Gasteiger partial charge in [-0.3, -0.25) is 9.98 Å². The van der Waals surface area contributed by atoms with Gasteiger partial charge in [0.1, 0.15) is 5.82 Å². The van der Waals surface area contributed by atoms with Crippen molar-refractivity contribution in [2.45, 2.75) is 39.2 Å². The topological polar surface area (TPSA) is 65.4 Å². The Morgan fingerprint density at radius 3 is 2.64 bits per heavy atom. The molecule has 1 fully saturated rings. The summed E-state index contributed by atoms with van der Waals surface area (Å²) in [7, 11) is 0. The zero-order valence-electron chi connectivity index (χ0n) is 16.8. The van der Waals surface area contributed by atoms with Gasteiger partial charge in [0.2, 0.25) is 0 Å². The summed E-state index contributed by atoms with van der Waals surface area (Å²) < 4.78 is 0. The lowest BCUT2D eigenvalue weighted by molar-refractivity contribution is 0.459. The lowest BCUT2D eigenvalue weighted by Gasteiger charge is -2.33. The molecule has 0 bridgehead atoms. The SMILES string of the molecule is CCNC(=NCCc1ccc(C)nc1)NC1CCN(c2ccccn2)CC1.I. The smallest absolute Gasteiger partial charge is 0.191 e. The fourth-order valence-electron chi connectivity index (χ4n) is 3.25. The van der Waals surface area contributed by atoms with E-state index >= 15 is 0 Å². The number of guanidine groups is 1. The molecule has 2 aromatic heterocycles. The van der Waals surface area contributed by atoms with Gasteiger partial charge in [0, 0.05) is 50.3 Å². The molecule has 2 N–H and O–H groups in total. The molecule has 3 heterocycles. The first-order valence-corrected chi connectivity index (χ1v) is 9.87. The molecule has 0 saturated carbocycles. The van der Waals surface area contributed by atoms with E-state index in [2.05, 4.69) is 50.6 Å². The molecule has 0 atom stereocenters. The first-order chi connectivity index (χ1) is 13.2. The minimum atomic E-state index is 0. The van der Waals surface area contributed by atoms with Crippen LogP contribution in [0.15, 0.2) is 47.7 Å². The Labute approximate surface area is 185 Å². The molecule has 0 spiro atoms. The second-order valence-corrected chi connectivity index (χ2v) is 6.91. The van der Waals surface area contributed by atoms with Crippen LogP contribution in [0.25, 0.3) is 0 Å². The summed E-state index contributed by atoms with van der Waals surface area (Å²) in [6.07, 6.45) is 6.88. The molecule has 0 radical (unpaired) electrons. The summed E-state index contributed by atoms with van der Waals surface area (Å²) >= 11 is 0. The summed E-state index contributed by atoms with van der Waals surface area (Å²) in [5.41, 5.74) is 2.28. The average Bonchev–Trinajstić information content (AvgIpc) is 2.71. The quantitative estimate of drug-likeness (QED) is 0.367. The van der Waals surface area contributed by atoms with E-state index < -0.39 is 0 Å². The third kappa shape index (κ3) is 6.92. The van der Waals surface area contributed by atoms with Crippen LogP contribution in [-0.2, 0) is 6.42 Å². The highest BCUT2D eigenvalue weighted by Crippen LogP contribution is 2.17. The maximum atomic E-state index is 4.74. The van der Waals surface area contributed by atoms with Crippen LogP contribution in [0, 0.1) is 6.92 Å². The first kappa shape index (κ1) is 22.4. The summed E-state index contributed by atoms with van der Waals surface area (Å²) in [4.78, 5) is 15.9. The highest BCUT2D eigenvalue weighted by Gasteiger charge is 2.20. The Bertz CT molecular complexity index is 711. The molecular weight excluding hydrogens is 463 g/mol. The molecule has 1 aliphatic rings. The number of hydrogen-bond donors (Lipinski definition) is 2. The first-order valence-electron chi connectivity index (χ1n) is 9.87. The number of nitrogens with zero attached hydrogens (tertiary/aromatic N) is 4. The maximum absolute atomic E-state index is 4.74. The predicted molar refractivity (Wildman–Crippen MR) is 127 cm³/mol. The second kappa shape index (κ2) is 11.8. The number of piperidine rings is 1. The maximum Gasteiger partial charge on any atom is 0.191 e. The largest absolute Gasteiger partial charge is 0.357 e. The van der Waals surface area contributed by atoms with E-state index in [1.807, 2.05) is 31.5 Å². The number of aromatic nitrogens is 2. The van der Waals surface area contributed by atoms with Gasteiger partial charge >= 0.3 is 0 Å². The number of aliphatic imine (C=N–C) groups is 1. The van der Waals surface area contributed by atoms with Gasteiger partial charge in [0.05, 0.1) is 0 Å². The van der Waals surface area contributed by atoms with Crippen molar-refractivity contribution < 1.29 is 0 Å². The van der Waals surface area contributed by atoms with Gasteiger partial charge in [-0.25, -0.2) is 4.98 Å². The molecule has 1 aliphatic heterocycles. The van der Waals surface area contributed by atoms with E-state index in [-0.39, 0.29) is 24.0 Å². The van der Waals surface area contributed by atoms with Crippen molar-refractivity contribution in [3.8, 4) is 0 Å². The van der Waals surface area contributed by atoms with Crippen molar-refractivity contribution in [3.63, 3.8) is 0 Å². The van der Waals surface area contributed by atoms with Gasteiger partial charge in [0.15, 0.2) is 5.96 Å². The lowest BCUT2D eigenvalue weighted by Crippen LogP contribution is -2.49. The van der Waals surface area contributed by atoms with Crippen molar-refractivity contribution in [2.24, 2.45) is 4.99 Å². The van der Waals surface area contributed by atoms with Crippen LogP contribution in [0.2, 0.25) is 0 Å². The van der Waals surface area contributed by atoms with E-state index in [0.29, 0.717) is 6.04 Å². The summed E-state index contributed by atoms with van der Waals surface area (Å²) in [5, 5.41) is 6.97. The van der Waals surface area contributed by atoms with Crippen LogP contribution in [0.5, 0.6) is 0 Å². The van der Waals surface area contributed by atoms with E-state index in [1.165, 1.54) is 5.56 Å². The van der Waals surface area contributed by atoms with Crippen molar-refractivity contribution in [1.82, 2.24) is 20.6 Å². The Balaban J connectivity index is 0.00000280. The normalized spacial score (nSPS) is 15.1. The predicted octanol–water partition coefficient (Wildman–Crippen LogP) is 3.17. The van der Waals surface area contributed by atoms with Crippen LogP contribution >= 0.6 is 24.0 Å². The lowest BCUT2D eigenvalue weighted by atomic mass is 10.1. The van der Waals surface area contributed by atoms with Gasteiger partial charge in [0.25, 0.3) is 0 Å². The third-order valence-corrected chi connectivity index (χ3v) is 4.80. The molecular formula is C21H31IN6. The highest BCUT2D eigenvalue weighted by atomic mass is 127. The van der Waals surface area contributed by atoms with Gasteiger partial charge in [-0.15, -0.1) is 24.0 Å². The zero-order valence-corrected chi connectivity index (χ0v) is 19.1. The van der Waals surface area contributed by atoms with Crippen LogP contribution in [0.4, 0.5) is 5.82 Å². The van der Waals surface area contributed by atoms with Gasteiger partial charge < -0.3 is 15.5 Å². The third-order valence-electron chi connectivity index (χ3n) is 4.80. The van der Waals surface area contributed by atoms with Crippen molar-refractivity contribution in [2.75, 3.05) is 31.1 Å². The number of rotatable bonds is 6. The molecule has 0 amide bonds. The molecule has 3 rings (SSSR count). The Morgan fingerprint density at radius 1 is 1.18 bits per heavy atom. The molecule has 0 unspecified atom stereocenters. The second-order valence-electron chi connectivity index (χ2n) is 6.91. The van der Waals surface area contributed by atoms with E-state index in [9.17, 15) is 0 Å². The average molecular weight is 494 g/mol.